The van der Waals surface area contributed by atoms with Gasteiger partial charge in [-0.15, -0.1) is 0 Å². The van der Waals surface area contributed by atoms with Gasteiger partial charge in [0.25, 0.3) is 0 Å². The molecule has 2 N–H and O–H groups in total. The van der Waals surface area contributed by atoms with Crippen molar-refractivity contribution in [3.63, 3.8) is 0 Å². The van der Waals surface area contributed by atoms with E-state index in [2.05, 4.69) is 65.4 Å². The van der Waals surface area contributed by atoms with E-state index in [9.17, 15) is 9.90 Å². The number of carboxylic acids is 1. The van der Waals surface area contributed by atoms with Crippen molar-refractivity contribution in [1.82, 2.24) is 9.88 Å². The van der Waals surface area contributed by atoms with Crippen molar-refractivity contribution in [1.29, 1.82) is 0 Å². The lowest BCUT2D eigenvalue weighted by Gasteiger charge is -2.39. The highest BCUT2D eigenvalue weighted by Crippen LogP contribution is 2.33. The van der Waals surface area contributed by atoms with E-state index in [1.807, 2.05) is 0 Å². The molecule has 2 atom stereocenters. The number of likely N-dealkylation sites (tertiary alicyclic amines) is 1. The van der Waals surface area contributed by atoms with Crippen LogP contribution in [-0.2, 0) is 22.4 Å². The average molecular weight is 549 g/mol. The number of hydrogen-bond acceptors (Lipinski definition) is 6. The number of nitrogens with one attached hydrogen (secondary N) is 1. The minimum absolute atomic E-state index is 0.0913. The van der Waals surface area contributed by atoms with E-state index in [1.165, 1.54) is 36.2 Å². The number of aliphatic carboxylic acids is 1. The van der Waals surface area contributed by atoms with Gasteiger partial charge in [0.1, 0.15) is 5.82 Å². The van der Waals surface area contributed by atoms with Gasteiger partial charge >= 0.3 is 5.97 Å². The molecule has 0 unspecified atom stereocenters. The number of benzene rings is 1. The molecule has 3 aliphatic rings. The second-order valence-corrected chi connectivity index (χ2v) is 12.9. The molecule has 5 rings (SSSR count). The Morgan fingerprint density at radius 3 is 2.95 bits per heavy atom. The number of hydrogen-bond donors (Lipinski definition) is 2. The molecule has 40 heavy (non-hydrogen) atoms. The summed E-state index contributed by atoms with van der Waals surface area (Å²) in [6, 6.07) is 13.0. The van der Waals surface area contributed by atoms with Gasteiger partial charge < -0.3 is 25.0 Å². The predicted molar refractivity (Wildman–Crippen MR) is 161 cm³/mol. The molecular weight excluding hydrogens is 500 g/mol. The molecule has 3 aliphatic heterocycles. The molecule has 2 aromatic rings. The molecule has 7 heteroatoms. The largest absolute Gasteiger partial charge is 0.481 e. The van der Waals surface area contributed by atoms with Crippen molar-refractivity contribution in [2.24, 2.45) is 5.41 Å². The second-order valence-electron chi connectivity index (χ2n) is 12.9. The number of carboxylic acid groups (broad SMARTS) is 1. The van der Waals surface area contributed by atoms with Crippen LogP contribution in [0.3, 0.4) is 0 Å². The molecule has 0 bridgehead atoms. The Kier molecular flexibility index (Phi) is 9.63. The Labute approximate surface area is 240 Å². The first-order chi connectivity index (χ1) is 19.3. The van der Waals surface area contributed by atoms with E-state index in [4.69, 9.17) is 9.72 Å². The topological polar surface area (TPSA) is 77.9 Å². The molecular formula is C33H48N4O3. The SMILES string of the molecule is CC1(C)CCCN(c2cccc([C@H](CO[C@@H]3CCCN(CCCc4ccc5c(n4)NCCC5)C3)CC(=O)O)c2)C1. The van der Waals surface area contributed by atoms with E-state index in [1.54, 1.807) is 0 Å². The second kappa shape index (κ2) is 13.3. The van der Waals surface area contributed by atoms with E-state index in [0.717, 1.165) is 82.8 Å². The van der Waals surface area contributed by atoms with Crippen molar-refractivity contribution in [3.05, 3.63) is 53.2 Å². The highest BCUT2D eigenvalue weighted by atomic mass is 16.5. The van der Waals surface area contributed by atoms with E-state index in [0.29, 0.717) is 12.0 Å². The number of piperidine rings is 2. The van der Waals surface area contributed by atoms with Crippen molar-refractivity contribution in [2.75, 3.05) is 56.1 Å². The Balaban J connectivity index is 1.13. The third-order valence-electron chi connectivity index (χ3n) is 8.88. The van der Waals surface area contributed by atoms with Crippen LogP contribution in [0.4, 0.5) is 11.5 Å². The number of nitrogens with zero attached hydrogens (tertiary/aromatic N) is 3. The first kappa shape index (κ1) is 28.9. The van der Waals surface area contributed by atoms with Gasteiger partial charge in [0.05, 0.1) is 19.1 Å². The highest BCUT2D eigenvalue weighted by Gasteiger charge is 2.28. The summed E-state index contributed by atoms with van der Waals surface area (Å²) < 4.78 is 6.44. The summed E-state index contributed by atoms with van der Waals surface area (Å²) in [5, 5.41) is 13.1. The Morgan fingerprint density at radius 2 is 2.10 bits per heavy atom. The molecule has 218 valence electrons. The van der Waals surface area contributed by atoms with Crippen LogP contribution < -0.4 is 10.2 Å². The molecule has 2 fully saturated rings. The summed E-state index contributed by atoms with van der Waals surface area (Å²) in [6.45, 7) is 11.3. The van der Waals surface area contributed by atoms with Crippen molar-refractivity contribution in [2.45, 2.75) is 83.7 Å². The lowest BCUT2D eigenvalue weighted by Crippen LogP contribution is -2.41. The lowest BCUT2D eigenvalue weighted by molar-refractivity contribution is -0.138. The van der Waals surface area contributed by atoms with E-state index < -0.39 is 5.97 Å². The Hall–Kier alpha value is -2.64. The molecule has 0 radical (unpaired) electrons. The lowest BCUT2D eigenvalue weighted by atomic mass is 9.84. The summed E-state index contributed by atoms with van der Waals surface area (Å²) >= 11 is 0. The zero-order valence-corrected chi connectivity index (χ0v) is 24.5. The van der Waals surface area contributed by atoms with Crippen molar-refractivity contribution in [3.8, 4) is 0 Å². The fourth-order valence-corrected chi connectivity index (χ4v) is 6.70. The maximum Gasteiger partial charge on any atom is 0.304 e. The first-order valence-electron chi connectivity index (χ1n) is 15.5. The minimum Gasteiger partial charge on any atom is -0.481 e. The van der Waals surface area contributed by atoms with E-state index >= 15 is 0 Å². The molecule has 0 aliphatic carbocycles. The fourth-order valence-electron chi connectivity index (χ4n) is 6.70. The standard InChI is InChI=1S/C33H48N4O3/c1-33(2)15-7-19-37(24-33)29-11-3-8-26(20-29)27(21-31(38)39)23-40-30-12-6-18-36(22-30)17-5-10-28-14-13-25-9-4-16-34-32(25)35-28/h3,8,11,13-14,20,27,30H,4-7,9-10,12,15-19,21-24H2,1-2H3,(H,34,35)(H,38,39)/t27-,30+/m0/s1. The van der Waals surface area contributed by atoms with Crippen LogP contribution in [0.2, 0.25) is 0 Å². The van der Waals surface area contributed by atoms with Crippen LogP contribution in [0.15, 0.2) is 36.4 Å². The molecule has 0 spiro atoms. The van der Waals surface area contributed by atoms with Crippen LogP contribution in [0.1, 0.15) is 81.5 Å². The van der Waals surface area contributed by atoms with Crippen molar-refractivity contribution < 1.29 is 14.6 Å². The van der Waals surface area contributed by atoms with Gasteiger partial charge in [-0.1, -0.05) is 32.0 Å². The van der Waals surface area contributed by atoms with Crippen LogP contribution in [0.5, 0.6) is 0 Å². The summed E-state index contributed by atoms with van der Waals surface area (Å²) in [4.78, 5) is 21.6. The smallest absolute Gasteiger partial charge is 0.304 e. The molecule has 2 saturated heterocycles. The van der Waals surface area contributed by atoms with Gasteiger partial charge in [-0.3, -0.25) is 4.79 Å². The predicted octanol–water partition coefficient (Wildman–Crippen LogP) is 5.74. The molecule has 4 heterocycles. The number of aryl methyl sites for hydroxylation is 2. The molecule has 1 aromatic carbocycles. The number of fused-ring (bicyclic) bond motifs is 1. The summed E-state index contributed by atoms with van der Waals surface area (Å²) in [5.74, 6) is 0.167. The average Bonchev–Trinajstić information content (AvgIpc) is 2.95. The number of aromatic nitrogens is 1. The van der Waals surface area contributed by atoms with Crippen LogP contribution in [-0.4, -0.2) is 72.9 Å². The third-order valence-corrected chi connectivity index (χ3v) is 8.88. The Bertz CT molecular complexity index is 1140. The van der Waals surface area contributed by atoms with Gasteiger partial charge in [-0.2, -0.15) is 0 Å². The van der Waals surface area contributed by atoms with Gasteiger partial charge in [0, 0.05) is 43.5 Å². The molecule has 1 aromatic heterocycles. The van der Waals surface area contributed by atoms with E-state index in [-0.39, 0.29) is 18.4 Å². The highest BCUT2D eigenvalue weighted by molar-refractivity contribution is 5.68. The molecule has 7 nitrogen and oxygen atoms in total. The fraction of sp³-hybridized carbons (Fsp3) is 0.636. The maximum absolute atomic E-state index is 11.8. The number of rotatable bonds is 11. The molecule has 0 amide bonds. The third kappa shape index (κ3) is 7.97. The van der Waals surface area contributed by atoms with Crippen molar-refractivity contribution >= 4 is 17.5 Å². The zero-order valence-electron chi connectivity index (χ0n) is 24.5. The number of carbonyl (C=O) groups is 1. The first-order valence-corrected chi connectivity index (χ1v) is 15.5. The van der Waals surface area contributed by atoms with Gasteiger partial charge in [0.2, 0.25) is 0 Å². The summed E-state index contributed by atoms with van der Waals surface area (Å²) in [5.41, 5.74) is 5.09. The quantitative estimate of drug-likeness (QED) is 0.371. The zero-order chi connectivity index (χ0) is 28.0. The van der Waals surface area contributed by atoms with Crippen LogP contribution in [0.25, 0.3) is 0 Å². The van der Waals surface area contributed by atoms with Crippen LogP contribution in [0, 0.1) is 5.41 Å². The number of anilines is 2. The number of ether oxygens (including phenoxy) is 1. The monoisotopic (exact) mass is 548 g/mol. The van der Waals surface area contributed by atoms with Crippen LogP contribution >= 0.6 is 0 Å². The maximum atomic E-state index is 11.8. The minimum atomic E-state index is -0.769. The summed E-state index contributed by atoms with van der Waals surface area (Å²) in [6.07, 6.45) is 9.23. The van der Waals surface area contributed by atoms with Gasteiger partial charge in [0.15, 0.2) is 0 Å². The normalized spacial score (nSPS) is 21.9. The summed E-state index contributed by atoms with van der Waals surface area (Å²) in [7, 11) is 0. The van der Waals surface area contributed by atoms with Gasteiger partial charge in [-0.05, 0) is 99.2 Å². The number of pyridine rings is 1. The molecule has 0 saturated carbocycles. The Morgan fingerprint density at radius 1 is 1.20 bits per heavy atom. The van der Waals surface area contributed by atoms with Gasteiger partial charge in [-0.25, -0.2) is 4.98 Å².